The zero-order valence-corrected chi connectivity index (χ0v) is 17.3. The Morgan fingerprint density at radius 3 is 2.62 bits per heavy atom. The molecule has 2 heterocycles. The van der Waals surface area contributed by atoms with Crippen LogP contribution in [-0.2, 0) is 11.9 Å². The maximum Gasteiger partial charge on any atom is 0.223 e. The van der Waals surface area contributed by atoms with Gasteiger partial charge in [0.15, 0.2) is 0 Å². The molecule has 2 aromatic heterocycles. The second-order valence-corrected chi connectivity index (χ2v) is 8.76. The lowest BCUT2D eigenvalue weighted by Crippen LogP contribution is -2.25. The van der Waals surface area contributed by atoms with Crippen molar-refractivity contribution in [3.63, 3.8) is 0 Å². The van der Waals surface area contributed by atoms with Gasteiger partial charge in [-0.25, -0.2) is 18.9 Å². The van der Waals surface area contributed by atoms with Gasteiger partial charge in [0.1, 0.15) is 10.8 Å². The molecule has 2 atom stereocenters. The van der Waals surface area contributed by atoms with E-state index in [1.807, 2.05) is 12.3 Å². The first-order valence-corrected chi connectivity index (χ1v) is 10.2. The highest BCUT2D eigenvalue weighted by Crippen LogP contribution is 2.42. The number of thiol groups is 1. The molecule has 0 aliphatic heterocycles. The first-order chi connectivity index (χ1) is 12.3. The van der Waals surface area contributed by atoms with Crippen LogP contribution in [-0.4, -0.2) is 19.8 Å². The molecule has 142 valence electrons. The second-order valence-electron chi connectivity index (χ2n) is 7.93. The number of nitrogens with zero attached hydrogens (tertiary/aromatic N) is 2. The molecule has 0 aromatic carbocycles. The first kappa shape index (κ1) is 19.5. The summed E-state index contributed by atoms with van der Waals surface area (Å²) < 4.78 is 20.5. The van der Waals surface area contributed by atoms with E-state index in [1.54, 1.807) is 6.20 Å². The van der Waals surface area contributed by atoms with Gasteiger partial charge in [0.2, 0.25) is 5.88 Å². The predicted molar refractivity (Wildman–Crippen MR) is 107 cm³/mol. The van der Waals surface area contributed by atoms with E-state index >= 15 is 0 Å². The van der Waals surface area contributed by atoms with Crippen molar-refractivity contribution in [2.75, 3.05) is 0 Å². The van der Waals surface area contributed by atoms with E-state index in [1.165, 1.54) is 0 Å². The molecule has 1 aliphatic carbocycles. The summed E-state index contributed by atoms with van der Waals surface area (Å²) in [6.07, 6.45) is 6.60. The number of halogens is 1. The van der Waals surface area contributed by atoms with Crippen molar-refractivity contribution in [3.8, 4) is 5.88 Å². The average molecular weight is 396 g/mol. The van der Waals surface area contributed by atoms with Gasteiger partial charge in [-0.15, -0.1) is 0 Å². The molecular formula is C19H26ClN3O2S. The minimum Gasteiger partial charge on any atom is -0.471 e. The van der Waals surface area contributed by atoms with Gasteiger partial charge >= 0.3 is 0 Å². The van der Waals surface area contributed by atoms with Crippen LogP contribution in [0, 0.1) is 11.8 Å². The zero-order valence-electron chi connectivity index (χ0n) is 15.6. The van der Waals surface area contributed by atoms with Crippen molar-refractivity contribution < 1.29 is 8.95 Å². The minimum absolute atomic E-state index is 0.0992. The number of hydrogen-bond donors (Lipinski definition) is 2. The monoisotopic (exact) mass is 395 g/mol. The van der Waals surface area contributed by atoms with E-state index in [0.717, 1.165) is 35.6 Å². The fraction of sp³-hybridized carbons (Fsp3) is 0.579. The van der Waals surface area contributed by atoms with Gasteiger partial charge in [0.05, 0.1) is 17.2 Å². The van der Waals surface area contributed by atoms with E-state index < -0.39 is 0 Å². The molecule has 1 aliphatic rings. The van der Waals surface area contributed by atoms with Gasteiger partial charge in [-0.05, 0) is 55.0 Å². The summed E-state index contributed by atoms with van der Waals surface area (Å²) in [5.74, 6) is 1.41. The Kier molecular flexibility index (Phi) is 5.85. The normalized spacial score (nSPS) is 18.1. The van der Waals surface area contributed by atoms with Crippen molar-refractivity contribution in [3.05, 3.63) is 29.2 Å². The van der Waals surface area contributed by atoms with Gasteiger partial charge in [-0.1, -0.05) is 32.4 Å². The molecule has 5 nitrogen and oxygen atoms in total. The Bertz CT molecular complexity index is 811. The maximum atomic E-state index is 11.3. The number of pyridine rings is 2. The highest BCUT2D eigenvalue weighted by atomic mass is 35.5. The number of ether oxygens (including phenoxy) is 1. The van der Waals surface area contributed by atoms with Gasteiger partial charge < -0.3 is 4.74 Å². The molecule has 0 bridgehead atoms. The summed E-state index contributed by atoms with van der Waals surface area (Å²) in [4.78, 5) is 8.80. The van der Waals surface area contributed by atoms with Crippen LogP contribution in [0.1, 0.15) is 58.6 Å². The number of rotatable bonds is 8. The molecule has 1 N–H and O–H groups in total. The SMILES string of the molecule is CC(C)CC(C)[C@@H](N[SH]=O)c1cnc(OC2(C)CC2)c2cnc(Cl)cc12. The third kappa shape index (κ3) is 4.35. The average Bonchev–Trinajstić information content (AvgIpc) is 3.29. The van der Waals surface area contributed by atoms with E-state index in [9.17, 15) is 4.21 Å². The fourth-order valence-corrected chi connectivity index (χ4v) is 4.05. The molecule has 0 spiro atoms. The van der Waals surface area contributed by atoms with E-state index in [4.69, 9.17) is 16.3 Å². The summed E-state index contributed by atoms with van der Waals surface area (Å²) in [6, 6.07) is 1.74. The molecule has 7 heteroatoms. The third-order valence-corrected chi connectivity index (χ3v) is 5.56. The Hall–Kier alpha value is -1.24. The minimum atomic E-state index is -0.128. The summed E-state index contributed by atoms with van der Waals surface area (Å²) in [5, 5.41) is 2.20. The van der Waals surface area contributed by atoms with Gasteiger partial charge in [-0.2, -0.15) is 0 Å². The summed E-state index contributed by atoms with van der Waals surface area (Å²) in [5.41, 5.74) is 0.839. The molecule has 1 fully saturated rings. The summed E-state index contributed by atoms with van der Waals surface area (Å²) in [7, 11) is 0. The first-order valence-electron chi connectivity index (χ1n) is 9.04. The molecule has 0 radical (unpaired) electrons. The molecule has 26 heavy (non-hydrogen) atoms. The van der Waals surface area contributed by atoms with E-state index in [2.05, 4.69) is 42.4 Å². The van der Waals surface area contributed by atoms with Crippen molar-refractivity contribution in [1.29, 1.82) is 0 Å². The van der Waals surface area contributed by atoms with Crippen LogP contribution in [0.3, 0.4) is 0 Å². The standard InChI is InChI=1S/C19H26ClN3O2S/c1-11(2)7-12(3)17(23-26-24)14-9-22-18(25-19(4)5-6-19)15-10-21-16(20)8-13(14)15/h8-12,17,26H,5-7H2,1-4H3,(H,23,24)/t12?,17-/m1/s1. The van der Waals surface area contributed by atoms with Gasteiger partial charge in [0.25, 0.3) is 0 Å². The lowest BCUT2D eigenvalue weighted by molar-refractivity contribution is 0.194. The molecule has 0 saturated heterocycles. The summed E-state index contributed by atoms with van der Waals surface area (Å²) in [6.45, 7) is 8.62. The molecule has 3 rings (SSSR count). The van der Waals surface area contributed by atoms with Crippen LogP contribution in [0.25, 0.3) is 10.8 Å². The molecule has 0 amide bonds. The van der Waals surface area contributed by atoms with Crippen LogP contribution < -0.4 is 9.46 Å². The lowest BCUT2D eigenvalue weighted by atomic mass is 9.87. The molecule has 1 saturated carbocycles. The maximum absolute atomic E-state index is 11.3. The quantitative estimate of drug-likeness (QED) is 0.514. The zero-order chi connectivity index (χ0) is 18.9. The van der Waals surface area contributed by atoms with Gasteiger partial charge in [0, 0.05) is 18.4 Å². The molecular weight excluding hydrogens is 370 g/mol. The Morgan fingerprint density at radius 1 is 1.27 bits per heavy atom. The van der Waals surface area contributed by atoms with Crippen LogP contribution in [0.5, 0.6) is 5.88 Å². The van der Waals surface area contributed by atoms with Gasteiger partial charge in [-0.3, -0.25) is 0 Å². The second kappa shape index (κ2) is 7.79. The molecule has 1 unspecified atom stereocenters. The smallest absolute Gasteiger partial charge is 0.223 e. The van der Waals surface area contributed by atoms with Crippen molar-refractivity contribution in [1.82, 2.24) is 14.7 Å². The highest BCUT2D eigenvalue weighted by molar-refractivity contribution is 7.63. The van der Waals surface area contributed by atoms with Crippen molar-refractivity contribution in [2.24, 2.45) is 11.8 Å². The predicted octanol–water partition coefficient (Wildman–Crippen LogP) is 4.39. The van der Waals surface area contributed by atoms with Crippen LogP contribution in [0.15, 0.2) is 18.5 Å². The van der Waals surface area contributed by atoms with Crippen molar-refractivity contribution >= 4 is 34.2 Å². The Balaban J connectivity index is 2.07. The van der Waals surface area contributed by atoms with Crippen LogP contribution >= 0.6 is 11.6 Å². The lowest BCUT2D eigenvalue weighted by Gasteiger charge is -2.26. The van der Waals surface area contributed by atoms with Crippen LogP contribution in [0.2, 0.25) is 5.15 Å². The number of fused-ring (bicyclic) bond motifs is 1. The highest BCUT2D eigenvalue weighted by Gasteiger charge is 2.41. The number of nitrogens with one attached hydrogen (secondary N) is 1. The molecule has 2 aromatic rings. The number of aromatic nitrogens is 2. The Morgan fingerprint density at radius 2 is 2.00 bits per heavy atom. The topological polar surface area (TPSA) is 64.1 Å². The fourth-order valence-electron chi connectivity index (χ4n) is 3.39. The van der Waals surface area contributed by atoms with E-state index in [-0.39, 0.29) is 29.4 Å². The Labute approximate surface area is 163 Å². The van der Waals surface area contributed by atoms with Crippen molar-refractivity contribution in [2.45, 2.75) is 58.6 Å². The van der Waals surface area contributed by atoms with E-state index in [0.29, 0.717) is 17.0 Å². The third-order valence-electron chi connectivity index (χ3n) is 4.97. The number of hydrogen-bond acceptors (Lipinski definition) is 4. The largest absolute Gasteiger partial charge is 0.471 e. The van der Waals surface area contributed by atoms with Crippen LogP contribution in [0.4, 0.5) is 0 Å². The summed E-state index contributed by atoms with van der Waals surface area (Å²) >= 11 is 6.08.